The number of rotatable bonds is 5. The Morgan fingerprint density at radius 3 is 2.53 bits per heavy atom. The maximum atomic E-state index is 11.9. The van der Waals surface area contributed by atoms with E-state index in [4.69, 9.17) is 4.74 Å². The third-order valence-corrected chi connectivity index (χ3v) is 4.07. The SMILES string of the molecule is CCc1ccc(C(=O)NCc2ccc(OC)cc2)s1. The van der Waals surface area contributed by atoms with Crippen molar-refractivity contribution in [1.82, 2.24) is 5.32 Å². The Morgan fingerprint density at radius 1 is 1.21 bits per heavy atom. The molecule has 0 unspecified atom stereocenters. The molecule has 0 spiro atoms. The Hall–Kier alpha value is -1.81. The molecule has 1 aromatic carbocycles. The first-order chi connectivity index (χ1) is 9.22. The summed E-state index contributed by atoms with van der Waals surface area (Å²) in [4.78, 5) is 13.9. The number of methoxy groups -OCH3 is 1. The van der Waals surface area contributed by atoms with Crippen LogP contribution in [0.1, 0.15) is 27.0 Å². The lowest BCUT2D eigenvalue weighted by atomic mass is 10.2. The number of aryl methyl sites for hydroxylation is 1. The maximum absolute atomic E-state index is 11.9. The molecular weight excluding hydrogens is 258 g/mol. The van der Waals surface area contributed by atoms with Crippen molar-refractivity contribution in [3.63, 3.8) is 0 Å². The fourth-order valence-electron chi connectivity index (χ4n) is 1.70. The van der Waals surface area contributed by atoms with Crippen LogP contribution in [0.25, 0.3) is 0 Å². The van der Waals surface area contributed by atoms with Gasteiger partial charge in [-0.3, -0.25) is 4.79 Å². The number of nitrogens with one attached hydrogen (secondary N) is 1. The monoisotopic (exact) mass is 275 g/mol. The molecular formula is C15H17NO2S. The smallest absolute Gasteiger partial charge is 0.261 e. The molecule has 3 nitrogen and oxygen atoms in total. The Labute approximate surface area is 117 Å². The van der Waals surface area contributed by atoms with E-state index in [9.17, 15) is 4.79 Å². The van der Waals surface area contributed by atoms with Crippen LogP contribution in [0.3, 0.4) is 0 Å². The largest absolute Gasteiger partial charge is 0.497 e. The number of thiophene rings is 1. The summed E-state index contributed by atoms with van der Waals surface area (Å²) >= 11 is 1.55. The summed E-state index contributed by atoms with van der Waals surface area (Å²) in [6.07, 6.45) is 0.969. The molecule has 19 heavy (non-hydrogen) atoms. The highest BCUT2D eigenvalue weighted by Gasteiger charge is 2.08. The van der Waals surface area contributed by atoms with Gasteiger partial charge >= 0.3 is 0 Å². The zero-order chi connectivity index (χ0) is 13.7. The number of benzene rings is 1. The molecule has 2 rings (SSSR count). The van der Waals surface area contributed by atoms with Crippen LogP contribution in [0.4, 0.5) is 0 Å². The Balaban J connectivity index is 1.92. The fraction of sp³-hybridized carbons (Fsp3) is 0.267. The Kier molecular flexibility index (Phi) is 4.58. The van der Waals surface area contributed by atoms with Crippen molar-refractivity contribution in [2.75, 3.05) is 7.11 Å². The fourth-order valence-corrected chi connectivity index (χ4v) is 2.57. The minimum Gasteiger partial charge on any atom is -0.497 e. The molecule has 0 aliphatic heterocycles. The molecule has 1 heterocycles. The number of hydrogen-bond acceptors (Lipinski definition) is 3. The van der Waals surface area contributed by atoms with Gasteiger partial charge in [0, 0.05) is 11.4 Å². The highest BCUT2D eigenvalue weighted by Crippen LogP contribution is 2.17. The topological polar surface area (TPSA) is 38.3 Å². The van der Waals surface area contributed by atoms with E-state index in [1.54, 1.807) is 18.4 Å². The van der Waals surface area contributed by atoms with E-state index in [0.717, 1.165) is 22.6 Å². The average molecular weight is 275 g/mol. The van der Waals surface area contributed by atoms with E-state index in [-0.39, 0.29) is 5.91 Å². The summed E-state index contributed by atoms with van der Waals surface area (Å²) in [5.41, 5.74) is 1.06. The lowest BCUT2D eigenvalue weighted by Crippen LogP contribution is -2.21. The van der Waals surface area contributed by atoms with Gasteiger partial charge in [0.2, 0.25) is 0 Å². The molecule has 0 fully saturated rings. The van der Waals surface area contributed by atoms with Gasteiger partial charge < -0.3 is 10.1 Å². The summed E-state index contributed by atoms with van der Waals surface area (Å²) in [6, 6.07) is 11.6. The standard InChI is InChI=1S/C15H17NO2S/c1-3-13-8-9-14(19-13)15(17)16-10-11-4-6-12(18-2)7-5-11/h4-9H,3,10H2,1-2H3,(H,16,17). The molecule has 0 atom stereocenters. The summed E-state index contributed by atoms with van der Waals surface area (Å²) < 4.78 is 5.09. The first-order valence-electron chi connectivity index (χ1n) is 6.22. The van der Waals surface area contributed by atoms with Crippen LogP contribution in [0.2, 0.25) is 0 Å². The van der Waals surface area contributed by atoms with Crippen molar-refractivity contribution >= 4 is 17.2 Å². The van der Waals surface area contributed by atoms with Gasteiger partial charge in [-0.15, -0.1) is 11.3 Å². The lowest BCUT2D eigenvalue weighted by molar-refractivity contribution is 0.0955. The van der Waals surface area contributed by atoms with E-state index in [1.807, 2.05) is 36.4 Å². The molecule has 0 saturated carbocycles. The lowest BCUT2D eigenvalue weighted by Gasteiger charge is -2.05. The number of amides is 1. The molecule has 1 N–H and O–H groups in total. The van der Waals surface area contributed by atoms with Crippen LogP contribution < -0.4 is 10.1 Å². The maximum Gasteiger partial charge on any atom is 0.261 e. The van der Waals surface area contributed by atoms with Gasteiger partial charge in [0.15, 0.2) is 0 Å². The number of hydrogen-bond donors (Lipinski definition) is 1. The van der Waals surface area contributed by atoms with Crippen LogP contribution in [0, 0.1) is 0 Å². The number of carbonyl (C=O) groups excluding carboxylic acids is 1. The van der Waals surface area contributed by atoms with Gasteiger partial charge in [0.25, 0.3) is 5.91 Å². The second-order valence-corrected chi connectivity index (χ2v) is 5.32. The van der Waals surface area contributed by atoms with E-state index < -0.39 is 0 Å². The highest BCUT2D eigenvalue weighted by atomic mass is 32.1. The zero-order valence-corrected chi connectivity index (χ0v) is 11.9. The molecule has 4 heteroatoms. The molecule has 1 aromatic heterocycles. The van der Waals surface area contributed by atoms with Gasteiger partial charge in [-0.2, -0.15) is 0 Å². The van der Waals surface area contributed by atoms with Crippen molar-refractivity contribution in [3.05, 3.63) is 51.7 Å². The molecule has 0 radical (unpaired) electrons. The van der Waals surface area contributed by atoms with Gasteiger partial charge in [0.05, 0.1) is 12.0 Å². The second-order valence-electron chi connectivity index (χ2n) is 4.15. The molecule has 0 bridgehead atoms. The summed E-state index contributed by atoms with van der Waals surface area (Å²) in [7, 11) is 1.64. The van der Waals surface area contributed by atoms with Gasteiger partial charge in [-0.1, -0.05) is 19.1 Å². The highest BCUT2D eigenvalue weighted by molar-refractivity contribution is 7.14. The number of carbonyl (C=O) groups is 1. The van der Waals surface area contributed by atoms with Crippen LogP contribution in [-0.4, -0.2) is 13.0 Å². The average Bonchev–Trinajstić information content (AvgIpc) is 2.94. The molecule has 0 aliphatic rings. The second kappa shape index (κ2) is 6.38. The molecule has 0 aliphatic carbocycles. The summed E-state index contributed by atoms with van der Waals surface area (Å²) in [6.45, 7) is 2.62. The molecule has 0 saturated heterocycles. The first-order valence-corrected chi connectivity index (χ1v) is 7.04. The first kappa shape index (κ1) is 13.6. The minimum atomic E-state index is -0.0134. The van der Waals surface area contributed by atoms with E-state index >= 15 is 0 Å². The third-order valence-electron chi connectivity index (χ3n) is 2.85. The Morgan fingerprint density at radius 2 is 1.95 bits per heavy atom. The van der Waals surface area contributed by atoms with Crippen molar-refractivity contribution in [1.29, 1.82) is 0 Å². The van der Waals surface area contributed by atoms with Crippen molar-refractivity contribution in [2.45, 2.75) is 19.9 Å². The van der Waals surface area contributed by atoms with Crippen LogP contribution >= 0.6 is 11.3 Å². The summed E-state index contributed by atoms with van der Waals surface area (Å²) in [5.74, 6) is 0.807. The predicted molar refractivity (Wildman–Crippen MR) is 77.9 cm³/mol. The van der Waals surface area contributed by atoms with Crippen LogP contribution in [0.15, 0.2) is 36.4 Å². The normalized spacial score (nSPS) is 10.2. The number of ether oxygens (including phenoxy) is 1. The van der Waals surface area contributed by atoms with Gasteiger partial charge in [-0.25, -0.2) is 0 Å². The van der Waals surface area contributed by atoms with E-state index in [1.165, 1.54) is 4.88 Å². The van der Waals surface area contributed by atoms with Crippen molar-refractivity contribution in [2.24, 2.45) is 0 Å². The summed E-state index contributed by atoms with van der Waals surface area (Å²) in [5, 5.41) is 2.92. The predicted octanol–water partition coefficient (Wildman–Crippen LogP) is 3.25. The third kappa shape index (κ3) is 3.58. The van der Waals surface area contributed by atoms with Gasteiger partial charge in [0.1, 0.15) is 5.75 Å². The van der Waals surface area contributed by atoms with E-state index in [2.05, 4.69) is 12.2 Å². The quantitative estimate of drug-likeness (QED) is 0.909. The van der Waals surface area contributed by atoms with Crippen LogP contribution in [0.5, 0.6) is 5.75 Å². The molecule has 2 aromatic rings. The van der Waals surface area contributed by atoms with Crippen molar-refractivity contribution < 1.29 is 9.53 Å². The molecule has 100 valence electrons. The van der Waals surface area contributed by atoms with Gasteiger partial charge in [-0.05, 0) is 36.2 Å². The molecule has 1 amide bonds. The van der Waals surface area contributed by atoms with Crippen LogP contribution in [-0.2, 0) is 13.0 Å². The van der Waals surface area contributed by atoms with Crippen molar-refractivity contribution in [3.8, 4) is 5.75 Å². The van der Waals surface area contributed by atoms with E-state index in [0.29, 0.717) is 6.54 Å². The zero-order valence-electron chi connectivity index (χ0n) is 11.1. The Bertz CT molecular complexity index is 546. The minimum absolute atomic E-state index is 0.0134.